The van der Waals surface area contributed by atoms with Crippen molar-refractivity contribution in [1.29, 1.82) is 0 Å². The van der Waals surface area contributed by atoms with Crippen LogP contribution >= 0.6 is 11.8 Å². The van der Waals surface area contributed by atoms with Crippen molar-refractivity contribution in [2.24, 2.45) is 0 Å². The molecule has 0 aromatic heterocycles. The van der Waals surface area contributed by atoms with Gasteiger partial charge in [-0.25, -0.2) is 0 Å². The van der Waals surface area contributed by atoms with E-state index in [1.807, 2.05) is 6.26 Å². The maximum absolute atomic E-state index is 11.5. The van der Waals surface area contributed by atoms with Gasteiger partial charge in [-0.05, 0) is 6.26 Å². The molecule has 15 heavy (non-hydrogen) atoms. The van der Waals surface area contributed by atoms with Crippen LogP contribution in [0.1, 0.15) is 13.3 Å². The molecule has 0 spiro atoms. The first-order chi connectivity index (χ1) is 7.22. The molecule has 0 aliphatic carbocycles. The van der Waals surface area contributed by atoms with Crippen LogP contribution in [0.2, 0.25) is 0 Å². The first-order valence-electron chi connectivity index (χ1n) is 5.33. The first kappa shape index (κ1) is 12.8. The maximum Gasteiger partial charge on any atom is 0.221 e. The number of ether oxygens (including phenoxy) is 1. The monoisotopic (exact) mass is 232 g/mol. The molecule has 2 N–H and O–H groups in total. The normalized spacial score (nSPS) is 23.5. The maximum atomic E-state index is 11.5. The number of hydrogen-bond donors (Lipinski definition) is 2. The number of morpholine rings is 1. The molecule has 1 aliphatic rings. The summed E-state index contributed by atoms with van der Waals surface area (Å²) in [5, 5.41) is 6.66. The minimum atomic E-state index is 0.110. The molecule has 1 aliphatic heterocycles. The van der Waals surface area contributed by atoms with E-state index in [2.05, 4.69) is 17.6 Å². The Morgan fingerprint density at radius 3 is 3.13 bits per heavy atom. The van der Waals surface area contributed by atoms with E-state index in [1.54, 1.807) is 11.8 Å². The van der Waals surface area contributed by atoms with Gasteiger partial charge < -0.3 is 15.4 Å². The average Bonchev–Trinajstić information content (AvgIpc) is 2.27. The highest BCUT2D eigenvalue weighted by molar-refractivity contribution is 7.99. The molecule has 1 fully saturated rings. The molecule has 0 aromatic rings. The lowest BCUT2D eigenvalue weighted by atomic mass is 10.2. The van der Waals surface area contributed by atoms with Gasteiger partial charge in [-0.15, -0.1) is 0 Å². The minimum absolute atomic E-state index is 0.110. The van der Waals surface area contributed by atoms with Crippen LogP contribution in [0, 0.1) is 0 Å². The highest BCUT2D eigenvalue weighted by Crippen LogP contribution is 2.03. The Kier molecular flexibility index (Phi) is 6.05. The number of nitrogens with one attached hydrogen (secondary N) is 2. The standard InChI is InChI=1S/C10H20N2O2S/c1-8(15-2)6-12-10(13)5-9-7-14-4-3-11-9/h8-9,11H,3-7H2,1-2H3,(H,12,13). The molecule has 1 saturated heterocycles. The lowest BCUT2D eigenvalue weighted by Gasteiger charge is -2.23. The Bertz CT molecular complexity index is 196. The van der Waals surface area contributed by atoms with E-state index in [0.29, 0.717) is 18.3 Å². The van der Waals surface area contributed by atoms with E-state index < -0.39 is 0 Å². The summed E-state index contributed by atoms with van der Waals surface area (Å²) < 4.78 is 5.28. The Balaban J connectivity index is 2.11. The molecule has 0 bridgehead atoms. The van der Waals surface area contributed by atoms with Gasteiger partial charge in [0.2, 0.25) is 5.91 Å². The Labute approximate surface area is 95.5 Å². The van der Waals surface area contributed by atoms with Gasteiger partial charge in [0.15, 0.2) is 0 Å². The lowest BCUT2D eigenvalue weighted by molar-refractivity contribution is -0.122. The second kappa shape index (κ2) is 7.09. The fourth-order valence-electron chi connectivity index (χ4n) is 1.39. The Hall–Kier alpha value is -0.260. The van der Waals surface area contributed by atoms with Gasteiger partial charge in [0.05, 0.1) is 13.2 Å². The first-order valence-corrected chi connectivity index (χ1v) is 6.61. The molecule has 88 valence electrons. The highest BCUT2D eigenvalue weighted by Gasteiger charge is 2.16. The zero-order valence-corrected chi connectivity index (χ0v) is 10.2. The van der Waals surface area contributed by atoms with Crippen LogP contribution in [0.4, 0.5) is 0 Å². The molecule has 0 radical (unpaired) electrons. The van der Waals surface area contributed by atoms with E-state index in [1.165, 1.54) is 0 Å². The van der Waals surface area contributed by atoms with Crippen molar-refractivity contribution in [3.8, 4) is 0 Å². The zero-order valence-electron chi connectivity index (χ0n) is 9.41. The Morgan fingerprint density at radius 2 is 2.53 bits per heavy atom. The van der Waals surface area contributed by atoms with Crippen LogP contribution in [0.25, 0.3) is 0 Å². The quantitative estimate of drug-likeness (QED) is 0.712. The van der Waals surface area contributed by atoms with Crippen molar-refractivity contribution >= 4 is 17.7 Å². The third kappa shape index (κ3) is 5.39. The lowest BCUT2D eigenvalue weighted by Crippen LogP contribution is -2.44. The van der Waals surface area contributed by atoms with Gasteiger partial charge >= 0.3 is 0 Å². The molecule has 1 rings (SSSR count). The molecular weight excluding hydrogens is 212 g/mol. The summed E-state index contributed by atoms with van der Waals surface area (Å²) in [4.78, 5) is 11.5. The van der Waals surface area contributed by atoms with Crippen LogP contribution in [0.5, 0.6) is 0 Å². The number of amides is 1. The van der Waals surface area contributed by atoms with Crippen LogP contribution in [-0.4, -0.2) is 49.8 Å². The molecule has 0 aromatic carbocycles. The van der Waals surface area contributed by atoms with E-state index >= 15 is 0 Å². The summed E-state index contributed by atoms with van der Waals surface area (Å²) in [6.07, 6.45) is 2.56. The molecule has 1 heterocycles. The second-order valence-electron chi connectivity index (χ2n) is 3.78. The summed E-state index contributed by atoms with van der Waals surface area (Å²) in [6.45, 7) is 5.09. The van der Waals surface area contributed by atoms with Crippen molar-refractivity contribution in [2.75, 3.05) is 32.6 Å². The SMILES string of the molecule is CSC(C)CNC(=O)CC1COCCN1. The molecule has 0 saturated carbocycles. The van der Waals surface area contributed by atoms with Gasteiger partial charge in [-0.3, -0.25) is 4.79 Å². The van der Waals surface area contributed by atoms with Crippen LogP contribution in [-0.2, 0) is 9.53 Å². The highest BCUT2D eigenvalue weighted by atomic mass is 32.2. The van der Waals surface area contributed by atoms with Gasteiger partial charge in [0.1, 0.15) is 0 Å². The third-order valence-corrected chi connectivity index (χ3v) is 3.39. The largest absolute Gasteiger partial charge is 0.378 e. The predicted octanol–water partition coefficient (Wildman–Crippen LogP) is 0.233. The summed E-state index contributed by atoms with van der Waals surface area (Å²) in [5.74, 6) is 0.110. The van der Waals surface area contributed by atoms with Gasteiger partial charge in [-0.1, -0.05) is 6.92 Å². The topological polar surface area (TPSA) is 50.4 Å². The fourth-order valence-corrected chi connectivity index (χ4v) is 1.64. The van der Waals surface area contributed by atoms with Crippen molar-refractivity contribution in [3.63, 3.8) is 0 Å². The molecule has 1 amide bonds. The summed E-state index contributed by atoms with van der Waals surface area (Å²) >= 11 is 1.76. The molecular formula is C10H20N2O2S. The molecule has 2 atom stereocenters. The molecule has 5 heteroatoms. The van der Waals surface area contributed by atoms with Crippen LogP contribution < -0.4 is 10.6 Å². The fraction of sp³-hybridized carbons (Fsp3) is 0.900. The molecule has 4 nitrogen and oxygen atoms in total. The van der Waals surface area contributed by atoms with Crippen molar-refractivity contribution < 1.29 is 9.53 Å². The zero-order chi connectivity index (χ0) is 11.1. The third-order valence-electron chi connectivity index (χ3n) is 2.42. The van der Waals surface area contributed by atoms with Crippen molar-refractivity contribution in [2.45, 2.75) is 24.6 Å². The number of thioether (sulfide) groups is 1. The van der Waals surface area contributed by atoms with E-state index in [-0.39, 0.29) is 11.9 Å². The number of hydrogen-bond acceptors (Lipinski definition) is 4. The number of carbonyl (C=O) groups excluding carboxylic acids is 1. The summed E-state index contributed by atoms with van der Waals surface area (Å²) in [6, 6.07) is 0.184. The van der Waals surface area contributed by atoms with Crippen molar-refractivity contribution in [3.05, 3.63) is 0 Å². The summed E-state index contributed by atoms with van der Waals surface area (Å²) in [7, 11) is 0. The van der Waals surface area contributed by atoms with E-state index in [4.69, 9.17) is 4.74 Å². The number of rotatable bonds is 5. The van der Waals surface area contributed by atoms with Gasteiger partial charge in [0.25, 0.3) is 0 Å². The average molecular weight is 232 g/mol. The van der Waals surface area contributed by atoms with E-state index in [9.17, 15) is 4.79 Å². The van der Waals surface area contributed by atoms with Crippen LogP contribution in [0.15, 0.2) is 0 Å². The second-order valence-corrected chi connectivity index (χ2v) is 5.06. The predicted molar refractivity (Wildman–Crippen MR) is 63.2 cm³/mol. The minimum Gasteiger partial charge on any atom is -0.378 e. The van der Waals surface area contributed by atoms with Gasteiger partial charge in [-0.2, -0.15) is 11.8 Å². The Morgan fingerprint density at radius 1 is 1.73 bits per heavy atom. The van der Waals surface area contributed by atoms with Crippen molar-refractivity contribution in [1.82, 2.24) is 10.6 Å². The van der Waals surface area contributed by atoms with E-state index in [0.717, 1.165) is 19.7 Å². The smallest absolute Gasteiger partial charge is 0.221 e. The molecule has 2 unspecified atom stereocenters. The summed E-state index contributed by atoms with van der Waals surface area (Å²) in [5.41, 5.74) is 0. The van der Waals surface area contributed by atoms with Crippen LogP contribution in [0.3, 0.4) is 0 Å². The van der Waals surface area contributed by atoms with Gasteiger partial charge in [0, 0.05) is 30.8 Å². The number of carbonyl (C=O) groups is 1.